The minimum atomic E-state index is -0.232. The van der Waals surface area contributed by atoms with Gasteiger partial charge >= 0.3 is 0 Å². The zero-order valence-electron chi connectivity index (χ0n) is 14.7. The first-order chi connectivity index (χ1) is 12.5. The summed E-state index contributed by atoms with van der Waals surface area (Å²) in [6.07, 6.45) is 0.272. The van der Waals surface area contributed by atoms with Crippen molar-refractivity contribution in [3.05, 3.63) is 69.2 Å². The molecule has 3 rings (SSSR count). The van der Waals surface area contributed by atoms with Crippen LogP contribution < -0.4 is 5.32 Å². The van der Waals surface area contributed by atoms with E-state index in [1.807, 2.05) is 12.1 Å². The second kappa shape index (κ2) is 8.87. The van der Waals surface area contributed by atoms with E-state index in [4.69, 9.17) is 27.9 Å². The van der Waals surface area contributed by atoms with Crippen molar-refractivity contribution in [2.75, 3.05) is 19.7 Å². The third kappa shape index (κ3) is 4.98. The monoisotopic (exact) mass is 392 g/mol. The van der Waals surface area contributed by atoms with Crippen LogP contribution in [0.25, 0.3) is 0 Å². The quantitative estimate of drug-likeness (QED) is 0.830. The van der Waals surface area contributed by atoms with Crippen LogP contribution in [0, 0.1) is 0 Å². The van der Waals surface area contributed by atoms with Crippen molar-refractivity contribution in [3.63, 3.8) is 0 Å². The van der Waals surface area contributed by atoms with E-state index in [1.165, 1.54) is 5.56 Å². The van der Waals surface area contributed by atoms with Crippen molar-refractivity contribution < 1.29 is 9.53 Å². The smallest absolute Gasteiger partial charge is 0.253 e. The molecule has 0 aliphatic carbocycles. The summed E-state index contributed by atoms with van der Waals surface area (Å²) >= 11 is 12.1. The Morgan fingerprint density at radius 1 is 1.23 bits per heavy atom. The Labute approximate surface area is 164 Å². The Balaban J connectivity index is 1.60. The van der Waals surface area contributed by atoms with E-state index in [2.05, 4.69) is 29.3 Å². The lowest BCUT2D eigenvalue weighted by Crippen LogP contribution is -2.40. The van der Waals surface area contributed by atoms with Crippen LogP contribution in [0.3, 0.4) is 0 Å². The highest BCUT2D eigenvalue weighted by Crippen LogP contribution is 2.25. The van der Waals surface area contributed by atoms with Crippen LogP contribution in [-0.4, -0.2) is 36.6 Å². The lowest BCUT2D eigenvalue weighted by atomic mass is 10.1. The second-order valence-corrected chi connectivity index (χ2v) is 7.31. The molecular weight excluding hydrogens is 371 g/mol. The van der Waals surface area contributed by atoms with Crippen LogP contribution >= 0.6 is 23.2 Å². The number of hydrogen-bond donors (Lipinski definition) is 1. The molecule has 1 aliphatic heterocycles. The van der Waals surface area contributed by atoms with Gasteiger partial charge in [0, 0.05) is 26.2 Å². The summed E-state index contributed by atoms with van der Waals surface area (Å²) in [6, 6.07) is 13.3. The minimum Gasteiger partial charge on any atom is -0.376 e. The number of nitrogens with zero attached hydrogens (tertiary/aromatic N) is 1. The molecule has 1 unspecified atom stereocenters. The molecule has 1 N–H and O–H groups in total. The predicted octanol–water partition coefficient (Wildman–Crippen LogP) is 4.14. The number of nitrogens with one attached hydrogen (secondary N) is 1. The fourth-order valence-electron chi connectivity index (χ4n) is 3.09. The summed E-state index contributed by atoms with van der Waals surface area (Å²) in [5, 5.41) is 3.56. The zero-order chi connectivity index (χ0) is 18.5. The molecule has 138 valence electrons. The zero-order valence-corrected chi connectivity index (χ0v) is 16.2. The predicted molar refractivity (Wildman–Crippen MR) is 105 cm³/mol. The van der Waals surface area contributed by atoms with Crippen LogP contribution in [0.1, 0.15) is 28.4 Å². The van der Waals surface area contributed by atoms with Crippen LogP contribution in [0.4, 0.5) is 0 Å². The fraction of sp³-hybridized carbons (Fsp3) is 0.350. The number of amides is 1. The Kier molecular flexibility index (Phi) is 6.54. The van der Waals surface area contributed by atoms with Crippen LogP contribution in [0.2, 0.25) is 10.0 Å². The number of carbonyl (C=O) groups is 1. The highest BCUT2D eigenvalue weighted by molar-refractivity contribution is 6.43. The fourth-order valence-corrected chi connectivity index (χ4v) is 3.47. The van der Waals surface area contributed by atoms with Crippen molar-refractivity contribution in [2.24, 2.45) is 0 Å². The van der Waals surface area contributed by atoms with Gasteiger partial charge in [-0.3, -0.25) is 9.69 Å². The maximum Gasteiger partial charge on any atom is 0.253 e. The molecule has 0 aromatic heterocycles. The summed E-state index contributed by atoms with van der Waals surface area (Å²) in [7, 11) is 0. The normalized spacial score (nSPS) is 17.9. The van der Waals surface area contributed by atoms with Gasteiger partial charge in [-0.05, 0) is 30.2 Å². The lowest BCUT2D eigenvalue weighted by Gasteiger charge is -2.31. The molecule has 1 heterocycles. The van der Waals surface area contributed by atoms with Crippen LogP contribution in [0.15, 0.2) is 42.5 Å². The molecule has 2 aromatic rings. The minimum absolute atomic E-state index is 0.232. The van der Waals surface area contributed by atoms with Crippen molar-refractivity contribution >= 4 is 29.1 Å². The van der Waals surface area contributed by atoms with Crippen molar-refractivity contribution in [3.8, 4) is 0 Å². The van der Waals surface area contributed by atoms with Crippen molar-refractivity contribution in [2.45, 2.75) is 26.1 Å². The molecule has 0 radical (unpaired) electrons. The molecule has 4 nitrogen and oxygen atoms in total. The summed E-state index contributed by atoms with van der Waals surface area (Å²) < 4.78 is 5.59. The number of ether oxygens (including phenoxy) is 1. The van der Waals surface area contributed by atoms with Gasteiger partial charge in [0.05, 0.1) is 28.3 Å². The molecule has 26 heavy (non-hydrogen) atoms. The van der Waals surface area contributed by atoms with E-state index in [0.717, 1.165) is 31.8 Å². The standard InChI is InChI=1S/C20H22Cl2N2O2/c1-14-12-24(8-9-26-14)13-16-5-2-4-15(10-16)11-23-20(25)17-6-3-7-18(21)19(17)22/h2-7,10,14H,8-9,11-13H2,1H3,(H,23,25). The molecule has 0 spiro atoms. The van der Waals surface area contributed by atoms with Gasteiger partial charge in [-0.2, -0.15) is 0 Å². The van der Waals surface area contributed by atoms with Gasteiger partial charge in [-0.25, -0.2) is 0 Å². The molecule has 1 aliphatic rings. The molecule has 6 heteroatoms. The molecule has 0 bridgehead atoms. The van der Waals surface area contributed by atoms with E-state index in [9.17, 15) is 4.79 Å². The summed E-state index contributed by atoms with van der Waals surface area (Å²) in [5.74, 6) is -0.232. The number of halogens is 2. The first kappa shape index (κ1) is 19.2. The average Bonchev–Trinajstić information content (AvgIpc) is 2.62. The summed E-state index contributed by atoms with van der Waals surface area (Å²) in [6.45, 7) is 6.08. The molecule has 1 fully saturated rings. The van der Waals surface area contributed by atoms with Crippen LogP contribution in [-0.2, 0) is 17.8 Å². The SMILES string of the molecule is CC1CN(Cc2cccc(CNC(=O)c3cccc(Cl)c3Cl)c2)CCO1. The van der Waals surface area contributed by atoms with Gasteiger partial charge in [-0.1, -0.05) is 53.5 Å². The number of carbonyl (C=O) groups excluding carboxylic acids is 1. The van der Waals surface area contributed by atoms with E-state index >= 15 is 0 Å². The molecule has 1 saturated heterocycles. The lowest BCUT2D eigenvalue weighted by molar-refractivity contribution is -0.0212. The number of benzene rings is 2. The Morgan fingerprint density at radius 2 is 2.00 bits per heavy atom. The van der Waals surface area contributed by atoms with Crippen LogP contribution in [0.5, 0.6) is 0 Å². The van der Waals surface area contributed by atoms with E-state index in [-0.39, 0.29) is 17.0 Å². The van der Waals surface area contributed by atoms with Crippen molar-refractivity contribution in [1.82, 2.24) is 10.2 Å². The second-order valence-electron chi connectivity index (χ2n) is 6.52. The first-order valence-corrected chi connectivity index (χ1v) is 9.42. The van der Waals surface area contributed by atoms with E-state index < -0.39 is 0 Å². The average molecular weight is 393 g/mol. The summed E-state index contributed by atoms with van der Waals surface area (Å²) in [4.78, 5) is 14.7. The number of hydrogen-bond acceptors (Lipinski definition) is 3. The Bertz CT molecular complexity index is 782. The Hall–Kier alpha value is -1.59. The third-order valence-electron chi connectivity index (χ3n) is 4.37. The number of rotatable bonds is 5. The van der Waals surface area contributed by atoms with E-state index in [1.54, 1.807) is 18.2 Å². The highest BCUT2D eigenvalue weighted by Gasteiger charge is 2.17. The maximum absolute atomic E-state index is 12.4. The van der Waals surface area contributed by atoms with Crippen molar-refractivity contribution in [1.29, 1.82) is 0 Å². The van der Waals surface area contributed by atoms with Gasteiger partial charge in [0.2, 0.25) is 0 Å². The largest absolute Gasteiger partial charge is 0.376 e. The molecular formula is C20H22Cl2N2O2. The van der Waals surface area contributed by atoms with Gasteiger partial charge in [0.25, 0.3) is 5.91 Å². The Morgan fingerprint density at radius 3 is 2.81 bits per heavy atom. The van der Waals surface area contributed by atoms with E-state index in [0.29, 0.717) is 17.1 Å². The first-order valence-electron chi connectivity index (χ1n) is 8.67. The topological polar surface area (TPSA) is 41.6 Å². The summed E-state index contributed by atoms with van der Waals surface area (Å²) in [5.41, 5.74) is 2.67. The van der Waals surface area contributed by atoms with Gasteiger partial charge in [0.15, 0.2) is 0 Å². The molecule has 2 aromatic carbocycles. The maximum atomic E-state index is 12.4. The molecule has 1 atom stereocenters. The van der Waals surface area contributed by atoms with Gasteiger partial charge in [0.1, 0.15) is 0 Å². The molecule has 1 amide bonds. The van der Waals surface area contributed by atoms with Gasteiger partial charge < -0.3 is 10.1 Å². The highest BCUT2D eigenvalue weighted by atomic mass is 35.5. The third-order valence-corrected chi connectivity index (χ3v) is 5.19. The van der Waals surface area contributed by atoms with Gasteiger partial charge in [-0.15, -0.1) is 0 Å². The molecule has 0 saturated carbocycles. The number of morpholine rings is 1.